The van der Waals surface area contributed by atoms with Crippen LogP contribution in [0, 0.1) is 11.3 Å². The van der Waals surface area contributed by atoms with Gasteiger partial charge in [-0.05, 0) is 25.0 Å². The first-order valence-corrected chi connectivity index (χ1v) is 7.23. The van der Waals surface area contributed by atoms with Crippen molar-refractivity contribution >= 4 is 11.6 Å². The van der Waals surface area contributed by atoms with Gasteiger partial charge in [0.25, 0.3) is 0 Å². The van der Waals surface area contributed by atoms with Crippen molar-refractivity contribution in [3.05, 3.63) is 30.3 Å². The van der Waals surface area contributed by atoms with Crippen molar-refractivity contribution < 1.29 is 14.3 Å². The fourth-order valence-corrected chi connectivity index (χ4v) is 2.29. The Labute approximate surface area is 125 Å². The van der Waals surface area contributed by atoms with Crippen LogP contribution in [-0.4, -0.2) is 38.4 Å². The van der Waals surface area contributed by atoms with E-state index < -0.39 is 0 Å². The van der Waals surface area contributed by atoms with Crippen molar-refractivity contribution in [2.24, 2.45) is 0 Å². The Hall–Kier alpha value is -1.90. The van der Waals surface area contributed by atoms with Crippen LogP contribution in [0.15, 0.2) is 30.3 Å². The first kappa shape index (κ1) is 15.5. The molecule has 0 aromatic heterocycles. The third kappa shape index (κ3) is 4.85. The third-order valence-corrected chi connectivity index (χ3v) is 3.44. The summed E-state index contributed by atoms with van der Waals surface area (Å²) in [6.45, 7) is 1.89. The van der Waals surface area contributed by atoms with Crippen molar-refractivity contribution in [2.45, 2.75) is 25.4 Å². The highest BCUT2D eigenvalue weighted by molar-refractivity contribution is 5.93. The Kier molecular flexibility index (Phi) is 6.20. The highest BCUT2D eigenvalue weighted by atomic mass is 16.5. The molecule has 0 spiro atoms. The number of ether oxygens (including phenoxy) is 2. The Morgan fingerprint density at radius 3 is 2.71 bits per heavy atom. The molecule has 2 rings (SSSR count). The van der Waals surface area contributed by atoms with Crippen LogP contribution in [0.1, 0.15) is 19.3 Å². The summed E-state index contributed by atoms with van der Waals surface area (Å²) in [5.41, 5.74) is 0.745. The van der Waals surface area contributed by atoms with Gasteiger partial charge in [-0.1, -0.05) is 18.2 Å². The Morgan fingerprint density at radius 1 is 1.33 bits per heavy atom. The maximum atomic E-state index is 12.2. The first-order chi connectivity index (χ1) is 10.3. The highest BCUT2D eigenvalue weighted by Crippen LogP contribution is 2.15. The lowest BCUT2D eigenvalue weighted by molar-refractivity contribution is -0.120. The molecule has 21 heavy (non-hydrogen) atoms. The van der Waals surface area contributed by atoms with Crippen molar-refractivity contribution in [1.82, 2.24) is 0 Å². The van der Waals surface area contributed by atoms with Crippen molar-refractivity contribution in [3.63, 3.8) is 0 Å². The number of hydrogen-bond donors (Lipinski definition) is 0. The SMILES string of the molecule is N#CCN(C(=O)CCOC1CCOCC1)c1ccccc1. The van der Waals surface area contributed by atoms with E-state index in [1.165, 1.54) is 4.90 Å². The zero-order valence-corrected chi connectivity index (χ0v) is 12.0. The van der Waals surface area contributed by atoms with E-state index in [4.69, 9.17) is 14.7 Å². The molecular formula is C16H20N2O3. The lowest BCUT2D eigenvalue weighted by Gasteiger charge is -2.23. The number of carbonyl (C=O) groups excluding carboxylic acids is 1. The van der Waals surface area contributed by atoms with Crippen LogP contribution >= 0.6 is 0 Å². The predicted octanol–water partition coefficient (Wildman–Crippen LogP) is 2.13. The van der Waals surface area contributed by atoms with E-state index in [1.807, 2.05) is 36.4 Å². The molecule has 1 aromatic rings. The minimum absolute atomic E-state index is 0.0557. The minimum atomic E-state index is -0.0881. The molecule has 1 saturated heterocycles. The lowest BCUT2D eigenvalue weighted by Crippen LogP contribution is -2.32. The van der Waals surface area contributed by atoms with Gasteiger partial charge in [-0.25, -0.2) is 0 Å². The molecule has 1 fully saturated rings. The molecule has 5 heteroatoms. The Bertz CT molecular complexity index is 478. The van der Waals surface area contributed by atoms with Crippen molar-refractivity contribution in [2.75, 3.05) is 31.3 Å². The summed E-state index contributed by atoms with van der Waals surface area (Å²) in [5, 5.41) is 8.89. The van der Waals surface area contributed by atoms with Crippen LogP contribution in [-0.2, 0) is 14.3 Å². The zero-order chi connectivity index (χ0) is 14.9. The number of carbonyl (C=O) groups is 1. The van der Waals surface area contributed by atoms with Gasteiger partial charge >= 0.3 is 0 Å². The molecule has 1 amide bonds. The molecule has 1 aromatic carbocycles. The summed E-state index contributed by atoms with van der Waals surface area (Å²) in [4.78, 5) is 13.7. The molecule has 0 saturated carbocycles. The number of hydrogen-bond acceptors (Lipinski definition) is 4. The van der Waals surface area contributed by atoms with Gasteiger partial charge in [-0.15, -0.1) is 0 Å². The number of benzene rings is 1. The molecule has 112 valence electrons. The summed E-state index contributed by atoms with van der Waals surface area (Å²) in [5.74, 6) is -0.0881. The van der Waals surface area contributed by atoms with E-state index >= 15 is 0 Å². The molecule has 0 unspecified atom stereocenters. The summed E-state index contributed by atoms with van der Waals surface area (Å²) in [7, 11) is 0. The number of nitrogens with zero attached hydrogens (tertiary/aromatic N) is 2. The highest BCUT2D eigenvalue weighted by Gasteiger charge is 2.17. The second-order valence-corrected chi connectivity index (χ2v) is 4.91. The first-order valence-electron chi connectivity index (χ1n) is 7.23. The largest absolute Gasteiger partial charge is 0.381 e. The second kappa shape index (κ2) is 8.40. The molecule has 0 N–H and O–H groups in total. The van der Waals surface area contributed by atoms with E-state index in [9.17, 15) is 4.79 Å². The fraction of sp³-hybridized carbons (Fsp3) is 0.500. The Balaban J connectivity index is 1.83. The summed E-state index contributed by atoms with van der Waals surface area (Å²) >= 11 is 0. The molecule has 1 aliphatic heterocycles. The molecule has 1 heterocycles. The van der Waals surface area contributed by atoms with Gasteiger partial charge in [0.05, 0.1) is 25.2 Å². The molecule has 0 radical (unpaired) electrons. The summed E-state index contributed by atoms with van der Waals surface area (Å²) < 4.78 is 11.0. The van der Waals surface area contributed by atoms with Gasteiger partial charge in [-0.2, -0.15) is 5.26 Å². The van der Waals surface area contributed by atoms with E-state index in [2.05, 4.69) is 0 Å². The number of para-hydroxylation sites is 1. The van der Waals surface area contributed by atoms with Crippen LogP contribution in [0.25, 0.3) is 0 Å². The smallest absolute Gasteiger partial charge is 0.230 e. The van der Waals surface area contributed by atoms with Crippen LogP contribution < -0.4 is 4.90 Å². The zero-order valence-electron chi connectivity index (χ0n) is 12.0. The van der Waals surface area contributed by atoms with E-state index in [1.54, 1.807) is 0 Å². The number of nitriles is 1. The van der Waals surface area contributed by atoms with Gasteiger partial charge in [0.2, 0.25) is 5.91 Å². The molecule has 0 atom stereocenters. The predicted molar refractivity (Wildman–Crippen MR) is 78.8 cm³/mol. The topological polar surface area (TPSA) is 62.6 Å². The van der Waals surface area contributed by atoms with Gasteiger partial charge in [0, 0.05) is 18.9 Å². The molecular weight excluding hydrogens is 268 g/mol. The maximum absolute atomic E-state index is 12.2. The third-order valence-electron chi connectivity index (χ3n) is 3.44. The summed E-state index contributed by atoms with van der Waals surface area (Å²) in [6, 6.07) is 11.3. The van der Waals surface area contributed by atoms with Crippen LogP contribution in [0.4, 0.5) is 5.69 Å². The van der Waals surface area contributed by atoms with E-state index in [-0.39, 0.29) is 25.0 Å². The van der Waals surface area contributed by atoms with Gasteiger partial charge < -0.3 is 9.47 Å². The van der Waals surface area contributed by atoms with Crippen LogP contribution in [0.5, 0.6) is 0 Å². The van der Waals surface area contributed by atoms with Gasteiger partial charge in [-0.3, -0.25) is 9.69 Å². The molecule has 0 aliphatic carbocycles. The minimum Gasteiger partial charge on any atom is -0.381 e. The normalized spacial score (nSPS) is 15.4. The second-order valence-electron chi connectivity index (χ2n) is 4.91. The summed E-state index contributed by atoms with van der Waals surface area (Å²) in [6.07, 6.45) is 2.24. The van der Waals surface area contributed by atoms with Crippen LogP contribution in [0.3, 0.4) is 0 Å². The average Bonchev–Trinajstić information content (AvgIpc) is 2.54. The quantitative estimate of drug-likeness (QED) is 0.752. The monoisotopic (exact) mass is 288 g/mol. The maximum Gasteiger partial charge on any atom is 0.230 e. The molecule has 0 bridgehead atoms. The van der Waals surface area contributed by atoms with Gasteiger partial charge in [0.1, 0.15) is 6.54 Å². The average molecular weight is 288 g/mol. The number of anilines is 1. The van der Waals surface area contributed by atoms with Gasteiger partial charge in [0.15, 0.2) is 0 Å². The molecule has 1 aliphatic rings. The standard InChI is InChI=1S/C16H20N2O3/c17-9-10-18(14-4-2-1-3-5-14)16(19)8-13-21-15-6-11-20-12-7-15/h1-5,15H,6-8,10-13H2. The molecule has 5 nitrogen and oxygen atoms in total. The fourth-order valence-electron chi connectivity index (χ4n) is 2.29. The lowest BCUT2D eigenvalue weighted by atomic mass is 10.1. The van der Waals surface area contributed by atoms with Crippen molar-refractivity contribution in [1.29, 1.82) is 5.26 Å². The number of amides is 1. The van der Waals surface area contributed by atoms with Crippen molar-refractivity contribution in [3.8, 4) is 6.07 Å². The van der Waals surface area contributed by atoms with Crippen LogP contribution in [0.2, 0.25) is 0 Å². The van der Waals surface area contributed by atoms with E-state index in [0.717, 1.165) is 31.7 Å². The number of rotatable bonds is 6. The Morgan fingerprint density at radius 2 is 2.05 bits per heavy atom. The van der Waals surface area contributed by atoms with E-state index in [0.29, 0.717) is 6.61 Å².